The lowest BCUT2D eigenvalue weighted by molar-refractivity contribution is 0.544. The van der Waals surface area contributed by atoms with Gasteiger partial charge >= 0.3 is 0 Å². The van der Waals surface area contributed by atoms with E-state index in [-0.39, 0.29) is 11.5 Å². The molecule has 2 nitrogen and oxygen atoms in total. The van der Waals surface area contributed by atoms with Crippen molar-refractivity contribution in [1.29, 1.82) is 0 Å². The van der Waals surface area contributed by atoms with Gasteiger partial charge in [0.1, 0.15) is 0 Å². The van der Waals surface area contributed by atoms with Crippen LogP contribution in [0.4, 0.5) is 11.4 Å². The standard InChI is InChI=1S/C55H38N2/c1-55-35-15-14-25-47(55)52-50-42-20-8-10-22-44(42)53-51(46-24-12-13-26-48(46)56(53)40-31-27-38(28-32-40)36-16-4-2-5-17-36)49(50)43-21-9-11-23-45(43)54(52)57(55)41-33-29-39(30-34-41)37-18-6-3-7-19-37/h2-35,47H,1H3. The molecule has 10 aromatic rings. The Labute approximate surface area is 331 Å². The summed E-state index contributed by atoms with van der Waals surface area (Å²) >= 11 is 0. The Hall–Kier alpha value is -7.16. The van der Waals surface area contributed by atoms with Crippen molar-refractivity contribution in [3.63, 3.8) is 0 Å². The molecule has 1 aromatic heterocycles. The van der Waals surface area contributed by atoms with Gasteiger partial charge in [-0.2, -0.15) is 0 Å². The van der Waals surface area contributed by atoms with E-state index in [0.29, 0.717) is 0 Å². The lowest BCUT2D eigenvalue weighted by Crippen LogP contribution is -2.42. The summed E-state index contributed by atoms with van der Waals surface area (Å²) in [6.07, 6.45) is 9.37. The summed E-state index contributed by atoms with van der Waals surface area (Å²) in [4.78, 5) is 2.64. The smallest absolute Gasteiger partial charge is 0.0712 e. The fraction of sp³-hybridized carbons (Fsp3) is 0.0545. The molecular weight excluding hydrogens is 689 g/mol. The van der Waals surface area contributed by atoms with E-state index in [9.17, 15) is 0 Å². The molecule has 0 amide bonds. The van der Waals surface area contributed by atoms with E-state index in [1.807, 2.05) is 0 Å². The van der Waals surface area contributed by atoms with Crippen molar-refractivity contribution in [3.05, 3.63) is 212 Å². The first kappa shape index (κ1) is 32.1. The molecule has 268 valence electrons. The zero-order chi connectivity index (χ0) is 37.7. The molecule has 0 N–H and O–H groups in total. The van der Waals surface area contributed by atoms with Gasteiger partial charge in [-0.3, -0.25) is 0 Å². The number of allylic oxidation sites excluding steroid dienone is 2. The maximum atomic E-state index is 2.64. The average molecular weight is 727 g/mol. The highest BCUT2D eigenvalue weighted by atomic mass is 15.2. The van der Waals surface area contributed by atoms with Crippen LogP contribution in [0.25, 0.3) is 82.1 Å². The van der Waals surface area contributed by atoms with Gasteiger partial charge in [0, 0.05) is 44.2 Å². The van der Waals surface area contributed by atoms with Crippen molar-refractivity contribution in [2.45, 2.75) is 18.4 Å². The van der Waals surface area contributed by atoms with Crippen LogP contribution in [0.3, 0.4) is 0 Å². The number of anilines is 2. The Kier molecular flexibility index (Phi) is 6.86. The molecule has 1 aliphatic heterocycles. The molecule has 0 spiro atoms. The van der Waals surface area contributed by atoms with Crippen LogP contribution in [0.5, 0.6) is 0 Å². The fourth-order valence-electron chi connectivity index (χ4n) is 10.3. The van der Waals surface area contributed by atoms with Crippen LogP contribution in [0.1, 0.15) is 18.4 Å². The van der Waals surface area contributed by atoms with Crippen molar-refractivity contribution in [1.82, 2.24) is 4.57 Å². The SMILES string of the molecule is CC12C=CC=CC1c1c(c3ccccc3c3c1c1ccccc1c1c3c3ccccc3n1-c1ccc(-c3ccccc3)cc1)N2c1ccc(-c2ccccc2)cc1. The van der Waals surface area contributed by atoms with E-state index < -0.39 is 0 Å². The summed E-state index contributed by atoms with van der Waals surface area (Å²) in [6.45, 7) is 2.43. The van der Waals surface area contributed by atoms with E-state index in [1.54, 1.807) is 0 Å². The molecule has 2 heteroatoms. The lowest BCUT2D eigenvalue weighted by atomic mass is 9.77. The average Bonchev–Trinajstić information content (AvgIpc) is 3.77. The number of aromatic nitrogens is 1. The molecular formula is C55H38N2. The highest BCUT2D eigenvalue weighted by Gasteiger charge is 2.49. The molecule has 57 heavy (non-hydrogen) atoms. The van der Waals surface area contributed by atoms with Crippen molar-refractivity contribution in [2.24, 2.45) is 0 Å². The molecule has 2 atom stereocenters. The highest BCUT2D eigenvalue weighted by molar-refractivity contribution is 6.39. The van der Waals surface area contributed by atoms with E-state index in [1.165, 1.54) is 93.3 Å². The zero-order valence-corrected chi connectivity index (χ0v) is 31.6. The van der Waals surface area contributed by atoms with E-state index >= 15 is 0 Å². The maximum Gasteiger partial charge on any atom is 0.0712 e. The predicted molar refractivity (Wildman–Crippen MR) is 242 cm³/mol. The molecule has 0 radical (unpaired) electrons. The van der Waals surface area contributed by atoms with Crippen LogP contribution in [0.2, 0.25) is 0 Å². The minimum absolute atomic E-state index is 0.137. The van der Waals surface area contributed by atoms with Crippen LogP contribution >= 0.6 is 0 Å². The van der Waals surface area contributed by atoms with Crippen LogP contribution < -0.4 is 4.90 Å². The number of nitrogens with zero attached hydrogens (tertiary/aromatic N) is 2. The minimum atomic E-state index is -0.313. The Morgan fingerprint density at radius 1 is 0.421 bits per heavy atom. The number of fused-ring (bicyclic) bond motifs is 15. The highest BCUT2D eigenvalue weighted by Crippen LogP contribution is 2.61. The first-order valence-corrected chi connectivity index (χ1v) is 20.0. The van der Waals surface area contributed by atoms with Gasteiger partial charge in [-0.05, 0) is 81.2 Å². The van der Waals surface area contributed by atoms with Crippen molar-refractivity contribution in [3.8, 4) is 27.9 Å². The van der Waals surface area contributed by atoms with Gasteiger partial charge in [0.15, 0.2) is 0 Å². The number of hydrogen-bond donors (Lipinski definition) is 0. The third-order valence-electron chi connectivity index (χ3n) is 12.8. The summed E-state index contributed by atoms with van der Waals surface area (Å²) in [5.74, 6) is 0.137. The minimum Gasteiger partial charge on any atom is -0.330 e. The number of para-hydroxylation sites is 1. The molecule has 12 rings (SSSR count). The second kappa shape index (κ2) is 12.2. The van der Waals surface area contributed by atoms with Gasteiger partial charge in [0.2, 0.25) is 0 Å². The van der Waals surface area contributed by atoms with E-state index in [2.05, 4.69) is 223 Å². The molecule has 2 aliphatic rings. The normalized spacial score (nSPS) is 17.3. The van der Waals surface area contributed by atoms with E-state index in [4.69, 9.17) is 0 Å². The molecule has 2 heterocycles. The van der Waals surface area contributed by atoms with Gasteiger partial charge in [-0.25, -0.2) is 0 Å². The monoisotopic (exact) mass is 726 g/mol. The molecule has 0 fully saturated rings. The number of benzene rings is 9. The van der Waals surface area contributed by atoms with Gasteiger partial charge < -0.3 is 9.47 Å². The van der Waals surface area contributed by atoms with Gasteiger partial charge in [0.05, 0.1) is 22.3 Å². The summed E-state index contributed by atoms with van der Waals surface area (Å²) < 4.78 is 2.51. The van der Waals surface area contributed by atoms with Crippen molar-refractivity contribution >= 4 is 65.5 Å². The van der Waals surface area contributed by atoms with Gasteiger partial charge in [-0.1, -0.05) is 176 Å². The Bertz CT molecular complexity index is 3280. The molecule has 2 unspecified atom stereocenters. The first-order chi connectivity index (χ1) is 28.2. The molecule has 0 saturated carbocycles. The third kappa shape index (κ3) is 4.53. The first-order valence-electron chi connectivity index (χ1n) is 20.0. The molecule has 0 bridgehead atoms. The van der Waals surface area contributed by atoms with Crippen molar-refractivity contribution < 1.29 is 0 Å². The summed E-state index contributed by atoms with van der Waals surface area (Å²) in [7, 11) is 0. The van der Waals surface area contributed by atoms with Gasteiger partial charge in [-0.15, -0.1) is 0 Å². The van der Waals surface area contributed by atoms with Crippen LogP contribution in [-0.4, -0.2) is 10.1 Å². The predicted octanol–water partition coefficient (Wildman–Crippen LogP) is 14.7. The molecule has 0 saturated heterocycles. The lowest BCUT2D eigenvalue weighted by Gasteiger charge is -2.39. The van der Waals surface area contributed by atoms with Crippen molar-refractivity contribution in [2.75, 3.05) is 4.90 Å². The Morgan fingerprint density at radius 2 is 0.930 bits per heavy atom. The van der Waals surface area contributed by atoms with Gasteiger partial charge in [0.25, 0.3) is 0 Å². The summed E-state index contributed by atoms with van der Waals surface area (Å²) in [5, 5.41) is 10.4. The third-order valence-corrected chi connectivity index (χ3v) is 12.8. The Morgan fingerprint density at radius 3 is 1.58 bits per heavy atom. The van der Waals surface area contributed by atoms with Crippen LogP contribution in [0.15, 0.2) is 206 Å². The largest absolute Gasteiger partial charge is 0.330 e. The second-order valence-corrected chi connectivity index (χ2v) is 15.8. The second-order valence-electron chi connectivity index (χ2n) is 15.8. The topological polar surface area (TPSA) is 8.17 Å². The van der Waals surface area contributed by atoms with Crippen LogP contribution in [0, 0.1) is 0 Å². The zero-order valence-electron chi connectivity index (χ0n) is 31.6. The van der Waals surface area contributed by atoms with Crippen LogP contribution in [-0.2, 0) is 0 Å². The maximum absolute atomic E-state index is 2.64. The fourth-order valence-corrected chi connectivity index (χ4v) is 10.3. The summed E-state index contributed by atoms with van der Waals surface area (Å²) in [6, 6.07) is 67.0. The van der Waals surface area contributed by atoms with E-state index in [0.717, 1.165) is 5.69 Å². The number of hydrogen-bond acceptors (Lipinski definition) is 1. The molecule has 1 aliphatic carbocycles. The Balaban J connectivity index is 1.21. The quantitative estimate of drug-likeness (QED) is 0.164. The number of rotatable bonds is 4. The molecule has 9 aromatic carbocycles. The summed E-state index contributed by atoms with van der Waals surface area (Å²) in [5.41, 5.74) is 12.1.